The first-order valence-electron chi connectivity index (χ1n) is 5.41. The first-order chi connectivity index (χ1) is 7.40. The monoisotopic (exact) mass is 200 g/mol. The van der Waals surface area contributed by atoms with Gasteiger partial charge < -0.3 is 11.1 Å². The summed E-state index contributed by atoms with van der Waals surface area (Å²) in [4.78, 5) is 0. The van der Waals surface area contributed by atoms with Gasteiger partial charge in [-0.3, -0.25) is 0 Å². The van der Waals surface area contributed by atoms with E-state index < -0.39 is 0 Å². The molecule has 0 unspecified atom stereocenters. The lowest BCUT2D eigenvalue weighted by Gasteiger charge is -2.16. The van der Waals surface area contributed by atoms with Crippen LogP contribution in [0.4, 0.5) is 0 Å². The van der Waals surface area contributed by atoms with Crippen molar-refractivity contribution in [3.8, 4) is 11.8 Å². The van der Waals surface area contributed by atoms with Crippen molar-refractivity contribution in [3.05, 3.63) is 34.9 Å². The second kappa shape index (κ2) is 4.97. The second-order valence-corrected chi connectivity index (χ2v) is 3.75. The SMILES string of the molecule is NCCC#Cc1ccc2c(c1)CCNC2. The fraction of sp³-hybridized carbons (Fsp3) is 0.385. The number of rotatable bonds is 1. The predicted octanol–water partition coefficient (Wildman–Crippen LogP) is 1.03. The molecule has 1 aliphatic rings. The molecule has 1 aromatic rings. The Bertz CT molecular complexity index is 399. The molecule has 1 aliphatic heterocycles. The standard InChI is InChI=1S/C13H16N2/c14-7-2-1-3-11-4-5-13-10-15-8-6-12(13)9-11/h4-5,9,15H,2,6-8,10,14H2. The van der Waals surface area contributed by atoms with Crippen LogP contribution in [0, 0.1) is 11.8 Å². The Balaban J connectivity index is 2.18. The highest BCUT2D eigenvalue weighted by Gasteiger charge is 2.07. The number of hydrogen-bond donors (Lipinski definition) is 2. The van der Waals surface area contributed by atoms with Crippen molar-refractivity contribution < 1.29 is 0 Å². The van der Waals surface area contributed by atoms with Crippen LogP contribution in [0.1, 0.15) is 23.1 Å². The summed E-state index contributed by atoms with van der Waals surface area (Å²) in [5.74, 6) is 6.21. The van der Waals surface area contributed by atoms with Crippen LogP contribution in [0.5, 0.6) is 0 Å². The van der Waals surface area contributed by atoms with Crippen LogP contribution >= 0.6 is 0 Å². The molecular weight excluding hydrogens is 184 g/mol. The lowest BCUT2D eigenvalue weighted by Crippen LogP contribution is -2.23. The van der Waals surface area contributed by atoms with Crippen molar-refractivity contribution in [3.63, 3.8) is 0 Å². The van der Waals surface area contributed by atoms with Crippen molar-refractivity contribution in [2.75, 3.05) is 13.1 Å². The van der Waals surface area contributed by atoms with E-state index in [9.17, 15) is 0 Å². The molecular formula is C13H16N2. The molecule has 0 fully saturated rings. The van der Waals surface area contributed by atoms with Gasteiger partial charge in [0.15, 0.2) is 0 Å². The Hall–Kier alpha value is -1.30. The molecule has 1 aromatic carbocycles. The van der Waals surface area contributed by atoms with Crippen LogP contribution < -0.4 is 11.1 Å². The molecule has 2 rings (SSSR count). The van der Waals surface area contributed by atoms with Crippen molar-refractivity contribution in [2.45, 2.75) is 19.4 Å². The maximum Gasteiger partial charge on any atom is 0.0248 e. The molecule has 0 bridgehead atoms. The quantitative estimate of drug-likeness (QED) is 0.665. The van der Waals surface area contributed by atoms with E-state index in [1.807, 2.05) is 0 Å². The molecule has 2 heteroatoms. The zero-order valence-corrected chi connectivity index (χ0v) is 8.84. The number of fused-ring (bicyclic) bond motifs is 1. The molecule has 15 heavy (non-hydrogen) atoms. The first-order valence-corrected chi connectivity index (χ1v) is 5.41. The lowest BCUT2D eigenvalue weighted by molar-refractivity contribution is 0.643. The van der Waals surface area contributed by atoms with Crippen LogP contribution in [0.15, 0.2) is 18.2 Å². The Kier molecular flexibility index (Phi) is 3.39. The summed E-state index contributed by atoms with van der Waals surface area (Å²) in [5.41, 5.74) is 9.35. The van der Waals surface area contributed by atoms with Gasteiger partial charge in [0, 0.05) is 25.1 Å². The molecule has 3 N–H and O–H groups in total. The molecule has 0 aliphatic carbocycles. The summed E-state index contributed by atoms with van der Waals surface area (Å²) < 4.78 is 0. The van der Waals surface area contributed by atoms with Gasteiger partial charge in [-0.25, -0.2) is 0 Å². The van der Waals surface area contributed by atoms with Gasteiger partial charge in [-0.2, -0.15) is 0 Å². The highest BCUT2D eigenvalue weighted by Crippen LogP contribution is 2.15. The molecule has 78 valence electrons. The Morgan fingerprint density at radius 2 is 2.27 bits per heavy atom. The van der Waals surface area contributed by atoms with E-state index in [-0.39, 0.29) is 0 Å². The van der Waals surface area contributed by atoms with Gasteiger partial charge in [-0.15, -0.1) is 0 Å². The maximum absolute atomic E-state index is 5.39. The maximum atomic E-state index is 5.39. The van der Waals surface area contributed by atoms with E-state index >= 15 is 0 Å². The van der Waals surface area contributed by atoms with Crippen LogP contribution in [0.25, 0.3) is 0 Å². The molecule has 2 nitrogen and oxygen atoms in total. The van der Waals surface area contributed by atoms with Gasteiger partial charge >= 0.3 is 0 Å². The molecule has 0 amide bonds. The predicted molar refractivity (Wildman–Crippen MR) is 62.4 cm³/mol. The lowest BCUT2D eigenvalue weighted by atomic mass is 9.98. The molecule has 0 spiro atoms. The summed E-state index contributed by atoms with van der Waals surface area (Å²) in [5, 5.41) is 3.36. The fourth-order valence-corrected chi connectivity index (χ4v) is 1.79. The highest BCUT2D eigenvalue weighted by atomic mass is 14.9. The Labute approximate surface area is 90.9 Å². The van der Waals surface area contributed by atoms with Crippen molar-refractivity contribution in [2.24, 2.45) is 5.73 Å². The third-order valence-electron chi connectivity index (χ3n) is 2.59. The summed E-state index contributed by atoms with van der Waals surface area (Å²) >= 11 is 0. The minimum atomic E-state index is 0.641. The van der Waals surface area contributed by atoms with Gasteiger partial charge in [0.05, 0.1) is 0 Å². The van der Waals surface area contributed by atoms with Gasteiger partial charge in [-0.05, 0) is 36.2 Å². The van der Waals surface area contributed by atoms with E-state index in [1.54, 1.807) is 0 Å². The Morgan fingerprint density at radius 1 is 1.33 bits per heavy atom. The fourth-order valence-electron chi connectivity index (χ4n) is 1.79. The van der Waals surface area contributed by atoms with Crippen LogP contribution in [0.3, 0.4) is 0 Å². The summed E-state index contributed by atoms with van der Waals surface area (Å²) in [6.07, 6.45) is 1.89. The summed E-state index contributed by atoms with van der Waals surface area (Å²) in [6, 6.07) is 6.48. The van der Waals surface area contributed by atoms with Crippen molar-refractivity contribution in [1.29, 1.82) is 0 Å². The Morgan fingerprint density at radius 3 is 3.13 bits per heavy atom. The molecule has 1 heterocycles. The third kappa shape index (κ3) is 2.59. The smallest absolute Gasteiger partial charge is 0.0248 e. The van der Waals surface area contributed by atoms with Gasteiger partial charge in [-0.1, -0.05) is 17.9 Å². The normalized spacial score (nSPS) is 13.9. The molecule has 0 atom stereocenters. The topological polar surface area (TPSA) is 38.0 Å². The van der Waals surface area contributed by atoms with E-state index in [0.717, 1.165) is 31.5 Å². The number of nitrogens with two attached hydrogens (primary N) is 1. The van der Waals surface area contributed by atoms with E-state index in [2.05, 4.69) is 35.4 Å². The van der Waals surface area contributed by atoms with Crippen LogP contribution in [-0.2, 0) is 13.0 Å². The second-order valence-electron chi connectivity index (χ2n) is 3.75. The molecule has 0 aromatic heterocycles. The van der Waals surface area contributed by atoms with Gasteiger partial charge in [0.1, 0.15) is 0 Å². The van der Waals surface area contributed by atoms with Gasteiger partial charge in [0.25, 0.3) is 0 Å². The number of benzene rings is 1. The minimum absolute atomic E-state index is 0.641. The minimum Gasteiger partial charge on any atom is -0.330 e. The largest absolute Gasteiger partial charge is 0.330 e. The van der Waals surface area contributed by atoms with E-state index in [4.69, 9.17) is 5.73 Å². The summed E-state index contributed by atoms with van der Waals surface area (Å²) in [7, 11) is 0. The third-order valence-corrected chi connectivity index (χ3v) is 2.59. The average Bonchev–Trinajstić information content (AvgIpc) is 2.29. The number of hydrogen-bond acceptors (Lipinski definition) is 2. The highest BCUT2D eigenvalue weighted by molar-refractivity contribution is 5.41. The van der Waals surface area contributed by atoms with Crippen molar-refractivity contribution in [1.82, 2.24) is 5.32 Å². The van der Waals surface area contributed by atoms with E-state index in [0.29, 0.717) is 6.54 Å². The van der Waals surface area contributed by atoms with Crippen LogP contribution in [0.2, 0.25) is 0 Å². The van der Waals surface area contributed by atoms with Crippen LogP contribution in [-0.4, -0.2) is 13.1 Å². The van der Waals surface area contributed by atoms with E-state index in [1.165, 1.54) is 11.1 Å². The first kappa shape index (κ1) is 10.2. The zero-order chi connectivity index (χ0) is 10.5. The zero-order valence-electron chi connectivity index (χ0n) is 8.84. The molecule has 0 saturated heterocycles. The molecule has 0 radical (unpaired) electrons. The average molecular weight is 200 g/mol. The number of nitrogens with one attached hydrogen (secondary N) is 1. The summed E-state index contributed by atoms with van der Waals surface area (Å²) in [6.45, 7) is 2.71. The van der Waals surface area contributed by atoms with Gasteiger partial charge in [0.2, 0.25) is 0 Å². The molecule has 0 saturated carbocycles. The van der Waals surface area contributed by atoms with Crippen molar-refractivity contribution >= 4 is 0 Å².